The van der Waals surface area contributed by atoms with E-state index in [0.717, 1.165) is 0 Å². The summed E-state index contributed by atoms with van der Waals surface area (Å²) in [6.45, 7) is 6.23. The maximum Gasteiger partial charge on any atom is 0.200 e. The third-order valence-corrected chi connectivity index (χ3v) is 5.99. The van der Waals surface area contributed by atoms with E-state index in [4.69, 9.17) is 20.8 Å². The first-order valence-electron chi connectivity index (χ1n) is 6.62. The van der Waals surface area contributed by atoms with Crippen LogP contribution in [0.15, 0.2) is 21.4 Å². The fourth-order valence-electron chi connectivity index (χ4n) is 2.09. The monoisotopic (exact) mass is 329 g/mol. The maximum absolute atomic E-state index is 12.7. The van der Waals surface area contributed by atoms with Crippen molar-refractivity contribution >= 4 is 32.5 Å². The molecule has 21 heavy (non-hydrogen) atoms. The van der Waals surface area contributed by atoms with Gasteiger partial charge in [-0.25, -0.2) is 13.4 Å². The molecular weight excluding hydrogens is 314 g/mol. The van der Waals surface area contributed by atoms with Crippen molar-refractivity contribution in [3.63, 3.8) is 0 Å². The van der Waals surface area contributed by atoms with Crippen molar-refractivity contribution in [2.24, 2.45) is 0 Å². The van der Waals surface area contributed by atoms with Gasteiger partial charge in [0.15, 0.2) is 15.4 Å². The molecule has 1 aromatic heterocycles. The molecule has 0 aliphatic carbocycles. The first kappa shape index (κ1) is 14.8. The van der Waals surface area contributed by atoms with Gasteiger partial charge >= 0.3 is 0 Å². The minimum Gasteiger partial charge on any atom is -0.439 e. The summed E-state index contributed by atoms with van der Waals surface area (Å²) in [5, 5.41) is -0.408. The number of hydrogen-bond donors (Lipinski definition) is 0. The summed E-state index contributed by atoms with van der Waals surface area (Å²) in [4.78, 5) is 4.41. The molecule has 0 atom stereocenters. The van der Waals surface area contributed by atoms with Gasteiger partial charge in [0.25, 0.3) is 0 Å². The Hall–Kier alpha value is -1.11. The number of hydrogen-bond acceptors (Lipinski definition) is 5. The summed E-state index contributed by atoms with van der Waals surface area (Å²) in [6.07, 6.45) is 0. The van der Waals surface area contributed by atoms with Crippen molar-refractivity contribution in [2.75, 3.05) is 13.2 Å². The van der Waals surface area contributed by atoms with E-state index in [1.807, 2.05) is 20.8 Å². The van der Waals surface area contributed by atoms with Gasteiger partial charge in [-0.15, -0.1) is 0 Å². The zero-order chi connectivity index (χ0) is 15.4. The highest BCUT2D eigenvalue weighted by Gasteiger charge is 2.38. The molecule has 0 radical (unpaired) electrons. The second kappa shape index (κ2) is 4.69. The van der Waals surface area contributed by atoms with Crippen molar-refractivity contribution in [1.29, 1.82) is 0 Å². The van der Waals surface area contributed by atoms with Gasteiger partial charge < -0.3 is 9.15 Å². The molecule has 1 aliphatic heterocycles. The van der Waals surface area contributed by atoms with Crippen LogP contribution < -0.4 is 0 Å². The number of fused-ring (bicyclic) bond motifs is 1. The Labute approximate surface area is 128 Å². The number of ether oxygens (including phenoxy) is 1. The standard InChI is InChI=1S/C14H16ClNO4S/c1-14(2,3)13-16-10-5-4-9(15)12(11(10)20-13)21(17,18)8-6-19-7-8/h4-5,8H,6-7H2,1-3H3. The second-order valence-electron chi connectivity index (χ2n) is 6.20. The summed E-state index contributed by atoms with van der Waals surface area (Å²) >= 11 is 6.13. The first-order valence-corrected chi connectivity index (χ1v) is 8.55. The molecule has 1 saturated heterocycles. The van der Waals surface area contributed by atoms with E-state index in [0.29, 0.717) is 11.4 Å². The number of halogens is 1. The Balaban J connectivity index is 2.26. The van der Waals surface area contributed by atoms with Crippen molar-refractivity contribution in [3.05, 3.63) is 23.0 Å². The minimum absolute atomic E-state index is 0.0259. The van der Waals surface area contributed by atoms with Crippen LogP contribution in [-0.2, 0) is 20.0 Å². The van der Waals surface area contributed by atoms with Gasteiger partial charge in [-0.1, -0.05) is 32.4 Å². The number of oxazole rings is 1. The minimum atomic E-state index is -3.58. The molecule has 2 heterocycles. The maximum atomic E-state index is 12.7. The number of benzene rings is 1. The van der Waals surface area contributed by atoms with E-state index in [1.54, 1.807) is 12.1 Å². The van der Waals surface area contributed by atoms with Crippen LogP contribution in [0, 0.1) is 0 Å². The Morgan fingerprint density at radius 2 is 1.95 bits per heavy atom. The molecule has 7 heteroatoms. The molecule has 3 rings (SSSR count). The van der Waals surface area contributed by atoms with Crippen molar-refractivity contribution in [1.82, 2.24) is 4.98 Å². The first-order chi connectivity index (χ1) is 9.71. The lowest BCUT2D eigenvalue weighted by Crippen LogP contribution is -2.40. The van der Waals surface area contributed by atoms with Crippen LogP contribution in [0.1, 0.15) is 26.7 Å². The molecule has 1 aliphatic rings. The highest BCUT2D eigenvalue weighted by Crippen LogP contribution is 2.36. The summed E-state index contributed by atoms with van der Waals surface area (Å²) < 4.78 is 36.0. The lowest BCUT2D eigenvalue weighted by Gasteiger charge is -2.25. The van der Waals surface area contributed by atoms with Gasteiger partial charge in [-0.05, 0) is 12.1 Å². The molecule has 2 aromatic rings. The van der Waals surface area contributed by atoms with Gasteiger partial charge in [0.1, 0.15) is 15.7 Å². The fourth-order valence-corrected chi connectivity index (χ4v) is 4.19. The van der Waals surface area contributed by atoms with Crippen molar-refractivity contribution in [2.45, 2.75) is 36.3 Å². The van der Waals surface area contributed by atoms with Crippen LogP contribution in [0.2, 0.25) is 5.02 Å². The van der Waals surface area contributed by atoms with E-state index in [9.17, 15) is 8.42 Å². The van der Waals surface area contributed by atoms with Gasteiger partial charge in [0, 0.05) is 5.41 Å². The SMILES string of the molecule is CC(C)(C)c1nc2ccc(Cl)c(S(=O)(=O)C3COC3)c2o1. The van der Waals surface area contributed by atoms with E-state index in [1.165, 1.54) is 0 Å². The third kappa shape index (κ3) is 2.35. The highest BCUT2D eigenvalue weighted by atomic mass is 35.5. The Morgan fingerprint density at radius 3 is 2.48 bits per heavy atom. The Kier molecular flexibility index (Phi) is 3.31. The molecule has 1 aromatic carbocycles. The van der Waals surface area contributed by atoms with Gasteiger partial charge in [0.2, 0.25) is 5.89 Å². The second-order valence-corrected chi connectivity index (χ2v) is 8.77. The molecule has 0 saturated carbocycles. The van der Waals surface area contributed by atoms with E-state index in [-0.39, 0.29) is 34.1 Å². The number of aromatic nitrogens is 1. The number of rotatable bonds is 2. The summed E-state index contributed by atoms with van der Waals surface area (Å²) in [6, 6.07) is 3.22. The van der Waals surface area contributed by atoms with Crippen LogP contribution in [-0.4, -0.2) is 31.9 Å². The largest absolute Gasteiger partial charge is 0.439 e. The van der Waals surface area contributed by atoms with Crippen LogP contribution in [0.4, 0.5) is 0 Å². The lowest BCUT2D eigenvalue weighted by molar-refractivity contribution is 0.0416. The molecule has 0 N–H and O–H groups in total. The van der Waals surface area contributed by atoms with E-state index in [2.05, 4.69) is 4.98 Å². The smallest absolute Gasteiger partial charge is 0.200 e. The van der Waals surface area contributed by atoms with Crippen LogP contribution >= 0.6 is 11.6 Å². The number of nitrogens with zero attached hydrogens (tertiary/aromatic N) is 1. The third-order valence-electron chi connectivity index (χ3n) is 3.44. The van der Waals surface area contributed by atoms with Gasteiger partial charge in [0.05, 0.1) is 18.2 Å². The summed E-state index contributed by atoms with van der Waals surface area (Å²) in [5.74, 6) is 0.487. The normalized spacial score (nSPS) is 17.1. The van der Waals surface area contributed by atoms with Crippen molar-refractivity contribution < 1.29 is 17.6 Å². The Bertz CT molecular complexity index is 800. The molecule has 114 valence electrons. The van der Waals surface area contributed by atoms with Gasteiger partial charge in [-0.2, -0.15) is 0 Å². The van der Waals surface area contributed by atoms with E-state index >= 15 is 0 Å². The zero-order valence-electron chi connectivity index (χ0n) is 12.0. The molecule has 0 spiro atoms. The lowest BCUT2D eigenvalue weighted by atomic mass is 9.97. The van der Waals surface area contributed by atoms with Crippen LogP contribution in [0.25, 0.3) is 11.1 Å². The van der Waals surface area contributed by atoms with E-state index < -0.39 is 15.1 Å². The zero-order valence-corrected chi connectivity index (χ0v) is 13.6. The average Bonchev–Trinajstić information content (AvgIpc) is 2.68. The molecular formula is C14H16ClNO4S. The molecule has 0 unspecified atom stereocenters. The van der Waals surface area contributed by atoms with Crippen molar-refractivity contribution in [3.8, 4) is 0 Å². The molecule has 5 nitrogen and oxygen atoms in total. The predicted octanol–water partition coefficient (Wildman–Crippen LogP) is 2.95. The Morgan fingerprint density at radius 1 is 1.29 bits per heavy atom. The molecule has 0 bridgehead atoms. The highest BCUT2D eigenvalue weighted by molar-refractivity contribution is 7.92. The predicted molar refractivity (Wildman–Crippen MR) is 79.5 cm³/mol. The number of sulfone groups is 1. The van der Waals surface area contributed by atoms with Gasteiger partial charge in [-0.3, -0.25) is 0 Å². The molecule has 1 fully saturated rings. The summed E-state index contributed by atoms with van der Waals surface area (Å²) in [7, 11) is -3.58. The average molecular weight is 330 g/mol. The quantitative estimate of drug-likeness (QED) is 0.847. The fraction of sp³-hybridized carbons (Fsp3) is 0.500. The topological polar surface area (TPSA) is 69.4 Å². The summed E-state index contributed by atoms with van der Waals surface area (Å²) in [5.41, 5.74) is 0.425. The molecule has 0 amide bonds. The van der Waals surface area contributed by atoms with Crippen LogP contribution in [0.5, 0.6) is 0 Å². The van der Waals surface area contributed by atoms with Crippen LogP contribution in [0.3, 0.4) is 0 Å².